The van der Waals surface area contributed by atoms with E-state index in [1.54, 1.807) is 0 Å². The van der Waals surface area contributed by atoms with Crippen molar-refractivity contribution in [3.8, 4) is 0 Å². The zero-order valence-corrected chi connectivity index (χ0v) is 21.8. The number of ether oxygens (including phenoxy) is 1. The van der Waals surface area contributed by atoms with Crippen molar-refractivity contribution in [2.45, 2.75) is 111 Å². The summed E-state index contributed by atoms with van der Waals surface area (Å²) in [4.78, 5) is 25.5. The van der Waals surface area contributed by atoms with E-state index in [-0.39, 0.29) is 28.9 Å². The molecule has 4 saturated carbocycles. The molecule has 0 aromatic rings. The van der Waals surface area contributed by atoms with Crippen molar-refractivity contribution in [2.75, 3.05) is 6.54 Å². The summed E-state index contributed by atoms with van der Waals surface area (Å²) in [5.41, 5.74) is -0.0290. The van der Waals surface area contributed by atoms with Gasteiger partial charge in [0.25, 0.3) is 0 Å². The largest absolute Gasteiger partial charge is 0.444 e. The quantitative estimate of drug-likeness (QED) is 0.560. The number of fused-ring (bicyclic) bond motifs is 5. The number of aliphatic hydroxyl groups excluding tert-OH is 1. The fraction of sp³-hybridized carbons (Fsp3) is 0.929. The number of amides is 1. The van der Waals surface area contributed by atoms with Crippen LogP contribution in [-0.4, -0.2) is 35.2 Å². The first-order chi connectivity index (χ1) is 15.3. The molecule has 4 unspecified atom stereocenters. The summed E-state index contributed by atoms with van der Waals surface area (Å²) in [6.45, 7) is 13.5. The molecular weight excluding hydrogens is 414 g/mol. The summed E-state index contributed by atoms with van der Waals surface area (Å²) in [5.74, 6) is 3.20. The zero-order chi connectivity index (χ0) is 24.2. The fourth-order valence-corrected chi connectivity index (χ4v) is 8.80. The Bertz CT molecular complexity index is 759. The third-order valence-corrected chi connectivity index (χ3v) is 10.5. The maximum Gasteiger partial charge on any atom is 0.407 e. The molecule has 4 rings (SSSR count). The van der Waals surface area contributed by atoms with Crippen LogP contribution >= 0.6 is 0 Å². The maximum atomic E-state index is 13.5. The number of carbonyl (C=O) groups excluding carboxylic acids is 2. The summed E-state index contributed by atoms with van der Waals surface area (Å²) >= 11 is 0. The lowest BCUT2D eigenvalue weighted by Gasteiger charge is -2.60. The fourth-order valence-electron chi connectivity index (χ4n) is 8.80. The SMILES string of the molecule is C[C@H](CCNC(=O)OC(C)(C)C)[C@H]1CCC2C3C(=O)CC4C[C@H](O)CC[C@]4(C)C3CC[C@@]21C. The summed E-state index contributed by atoms with van der Waals surface area (Å²) in [5, 5.41) is 13.2. The Morgan fingerprint density at radius 2 is 1.79 bits per heavy atom. The van der Waals surface area contributed by atoms with Crippen molar-refractivity contribution in [1.82, 2.24) is 5.32 Å². The second-order valence-corrected chi connectivity index (χ2v) is 13.5. The first kappa shape index (κ1) is 25.0. The van der Waals surface area contributed by atoms with Gasteiger partial charge in [-0.2, -0.15) is 0 Å². The van der Waals surface area contributed by atoms with Gasteiger partial charge in [-0.15, -0.1) is 0 Å². The van der Waals surface area contributed by atoms with E-state index in [9.17, 15) is 14.7 Å². The molecule has 0 aromatic heterocycles. The molecule has 0 radical (unpaired) electrons. The number of alkyl carbamates (subject to hydrolysis) is 1. The van der Waals surface area contributed by atoms with Crippen LogP contribution < -0.4 is 5.32 Å². The molecule has 0 aliphatic heterocycles. The van der Waals surface area contributed by atoms with E-state index in [1.165, 1.54) is 19.3 Å². The Kier molecular flexibility index (Phi) is 6.70. The van der Waals surface area contributed by atoms with Crippen LogP contribution in [0.5, 0.6) is 0 Å². The molecule has 5 nitrogen and oxygen atoms in total. The second kappa shape index (κ2) is 8.84. The van der Waals surface area contributed by atoms with Crippen molar-refractivity contribution >= 4 is 11.9 Å². The van der Waals surface area contributed by atoms with Crippen molar-refractivity contribution in [1.29, 1.82) is 0 Å². The van der Waals surface area contributed by atoms with Gasteiger partial charge >= 0.3 is 6.09 Å². The van der Waals surface area contributed by atoms with Crippen LogP contribution in [0, 0.1) is 46.3 Å². The average Bonchev–Trinajstić information content (AvgIpc) is 3.05. The first-order valence-corrected chi connectivity index (χ1v) is 13.5. The highest BCUT2D eigenvalue weighted by molar-refractivity contribution is 5.83. The molecule has 5 heteroatoms. The third-order valence-electron chi connectivity index (χ3n) is 10.5. The van der Waals surface area contributed by atoms with Crippen LogP contribution in [0.2, 0.25) is 0 Å². The third kappa shape index (κ3) is 4.60. The summed E-state index contributed by atoms with van der Waals surface area (Å²) in [6, 6.07) is 0. The number of Topliss-reactive ketones (excluding diaryl/α,β-unsaturated/α-hetero) is 1. The van der Waals surface area contributed by atoms with E-state index in [4.69, 9.17) is 4.74 Å². The topological polar surface area (TPSA) is 75.6 Å². The number of hydrogen-bond acceptors (Lipinski definition) is 4. The number of carbonyl (C=O) groups is 2. The highest BCUT2D eigenvalue weighted by Crippen LogP contribution is 2.67. The molecule has 4 aliphatic carbocycles. The van der Waals surface area contributed by atoms with Crippen LogP contribution in [0.3, 0.4) is 0 Å². The van der Waals surface area contributed by atoms with Gasteiger partial charge < -0.3 is 15.2 Å². The van der Waals surface area contributed by atoms with Gasteiger partial charge in [-0.3, -0.25) is 4.79 Å². The van der Waals surface area contributed by atoms with Crippen molar-refractivity contribution in [2.24, 2.45) is 46.3 Å². The molecule has 0 bridgehead atoms. The second-order valence-electron chi connectivity index (χ2n) is 13.5. The number of ketones is 1. The van der Waals surface area contributed by atoms with Gasteiger partial charge in [0.05, 0.1) is 6.10 Å². The van der Waals surface area contributed by atoms with Crippen molar-refractivity contribution < 1.29 is 19.4 Å². The Morgan fingerprint density at radius 3 is 2.48 bits per heavy atom. The van der Waals surface area contributed by atoms with E-state index in [0.29, 0.717) is 48.3 Å². The lowest BCUT2D eigenvalue weighted by molar-refractivity contribution is -0.160. The van der Waals surface area contributed by atoms with Gasteiger partial charge in [0, 0.05) is 18.9 Å². The van der Waals surface area contributed by atoms with E-state index in [1.807, 2.05) is 20.8 Å². The first-order valence-electron chi connectivity index (χ1n) is 13.5. The van der Waals surface area contributed by atoms with Gasteiger partial charge in [0.1, 0.15) is 11.4 Å². The maximum absolute atomic E-state index is 13.5. The number of hydrogen-bond donors (Lipinski definition) is 2. The number of rotatable bonds is 4. The van der Waals surface area contributed by atoms with Crippen LogP contribution in [-0.2, 0) is 9.53 Å². The smallest absolute Gasteiger partial charge is 0.407 e. The summed E-state index contributed by atoms with van der Waals surface area (Å²) < 4.78 is 5.38. The highest BCUT2D eigenvalue weighted by atomic mass is 16.6. The summed E-state index contributed by atoms with van der Waals surface area (Å²) in [7, 11) is 0. The van der Waals surface area contributed by atoms with E-state index in [0.717, 1.165) is 32.1 Å². The van der Waals surface area contributed by atoms with Crippen LogP contribution in [0.4, 0.5) is 4.79 Å². The monoisotopic (exact) mass is 461 g/mol. The number of aliphatic hydroxyl groups is 1. The van der Waals surface area contributed by atoms with Gasteiger partial charge in [-0.1, -0.05) is 20.8 Å². The predicted octanol–water partition coefficient (Wildman–Crippen LogP) is 5.74. The molecule has 33 heavy (non-hydrogen) atoms. The zero-order valence-electron chi connectivity index (χ0n) is 21.8. The molecule has 0 spiro atoms. The predicted molar refractivity (Wildman–Crippen MR) is 130 cm³/mol. The highest BCUT2D eigenvalue weighted by Gasteiger charge is 2.62. The number of nitrogens with one attached hydrogen (secondary N) is 1. The molecule has 4 fully saturated rings. The molecule has 0 heterocycles. The van der Waals surface area contributed by atoms with E-state index >= 15 is 0 Å². The minimum Gasteiger partial charge on any atom is -0.444 e. The molecule has 1 amide bonds. The Morgan fingerprint density at radius 1 is 1.12 bits per heavy atom. The van der Waals surface area contributed by atoms with Crippen molar-refractivity contribution in [3.63, 3.8) is 0 Å². The molecule has 4 aliphatic rings. The molecule has 2 N–H and O–H groups in total. The minimum absolute atomic E-state index is 0.215. The molecule has 9 atom stereocenters. The summed E-state index contributed by atoms with van der Waals surface area (Å²) in [6.07, 6.45) is 8.61. The molecule has 0 aromatic carbocycles. The lowest BCUT2D eigenvalue weighted by atomic mass is 9.44. The van der Waals surface area contributed by atoms with E-state index in [2.05, 4.69) is 26.1 Å². The van der Waals surface area contributed by atoms with Crippen LogP contribution in [0.25, 0.3) is 0 Å². The molecule has 188 valence electrons. The average molecular weight is 462 g/mol. The molecule has 0 saturated heterocycles. The lowest BCUT2D eigenvalue weighted by Crippen LogP contribution is -2.57. The molecular formula is C28H47NO4. The standard InChI is InChI=1S/C28H47NO4/c1-17(11-14-29-25(32)33-26(2,3)4)20-7-8-21-24-22(10-13-28(20,21)6)27(5)12-9-19(30)15-18(27)16-23(24)31/h17-22,24,30H,7-16H2,1-6H3,(H,29,32)/t17-,18?,19-,20-,21?,22?,24?,27+,28-/m1/s1. The minimum atomic E-state index is -0.473. The van der Waals surface area contributed by atoms with Gasteiger partial charge in [0.2, 0.25) is 0 Å². The van der Waals surface area contributed by atoms with Crippen molar-refractivity contribution in [3.05, 3.63) is 0 Å². The Balaban J connectivity index is 1.41. The van der Waals surface area contributed by atoms with Crippen LogP contribution in [0.15, 0.2) is 0 Å². The van der Waals surface area contributed by atoms with Gasteiger partial charge in [0.15, 0.2) is 0 Å². The van der Waals surface area contributed by atoms with Crippen LogP contribution in [0.1, 0.15) is 99.3 Å². The van der Waals surface area contributed by atoms with E-state index < -0.39 is 5.60 Å². The Hall–Kier alpha value is -1.10. The Labute approximate surface area is 200 Å². The van der Waals surface area contributed by atoms with Gasteiger partial charge in [-0.25, -0.2) is 4.79 Å². The normalized spacial score (nSPS) is 43.8. The van der Waals surface area contributed by atoms with Gasteiger partial charge in [-0.05, 0) is 113 Å².